The van der Waals surface area contributed by atoms with Crippen LogP contribution in [0.15, 0.2) is 12.4 Å². The Labute approximate surface area is 114 Å². The molecule has 3 amide bonds. The van der Waals surface area contributed by atoms with Gasteiger partial charge in [0.15, 0.2) is 0 Å². The Bertz CT molecular complexity index is 459. The summed E-state index contributed by atoms with van der Waals surface area (Å²) in [5.41, 5.74) is 4.90. The number of nitrogens with two attached hydrogens (primary N) is 1. The molecular formula is C11H17N5O4. The molecule has 0 bridgehead atoms. The predicted octanol–water partition coefficient (Wildman–Crippen LogP) is -1.03. The fraction of sp³-hybridized carbons (Fsp3) is 0.455. The first-order valence-corrected chi connectivity index (χ1v) is 6.02. The zero-order valence-corrected chi connectivity index (χ0v) is 10.8. The SMILES string of the molecule is NC(=O)CC(NC(=O)NCCCc1ncc[nH]1)C(=O)O. The zero-order valence-electron chi connectivity index (χ0n) is 10.8. The van der Waals surface area contributed by atoms with E-state index in [-0.39, 0.29) is 0 Å². The number of carbonyl (C=O) groups excluding carboxylic acids is 2. The molecule has 1 aromatic rings. The number of nitrogens with one attached hydrogen (secondary N) is 3. The Hall–Kier alpha value is -2.58. The van der Waals surface area contributed by atoms with Crippen LogP contribution in [0.4, 0.5) is 4.79 Å². The van der Waals surface area contributed by atoms with Gasteiger partial charge in [-0.3, -0.25) is 4.79 Å². The van der Waals surface area contributed by atoms with E-state index in [4.69, 9.17) is 10.8 Å². The lowest BCUT2D eigenvalue weighted by atomic mass is 10.2. The second-order valence-electron chi connectivity index (χ2n) is 4.10. The van der Waals surface area contributed by atoms with Gasteiger partial charge in [-0.2, -0.15) is 0 Å². The van der Waals surface area contributed by atoms with E-state index < -0.39 is 30.4 Å². The summed E-state index contributed by atoms with van der Waals surface area (Å²) in [5, 5.41) is 13.5. The maximum absolute atomic E-state index is 11.4. The van der Waals surface area contributed by atoms with Gasteiger partial charge in [0, 0.05) is 25.4 Å². The van der Waals surface area contributed by atoms with Crippen LogP contribution in [0.25, 0.3) is 0 Å². The Morgan fingerprint density at radius 2 is 2.20 bits per heavy atom. The highest BCUT2D eigenvalue weighted by Gasteiger charge is 2.21. The van der Waals surface area contributed by atoms with E-state index in [1.807, 2.05) is 0 Å². The van der Waals surface area contributed by atoms with E-state index in [0.29, 0.717) is 19.4 Å². The van der Waals surface area contributed by atoms with Crippen LogP contribution in [0.5, 0.6) is 0 Å². The quantitative estimate of drug-likeness (QED) is 0.386. The summed E-state index contributed by atoms with van der Waals surface area (Å²) < 4.78 is 0. The van der Waals surface area contributed by atoms with Gasteiger partial charge < -0.3 is 26.5 Å². The summed E-state index contributed by atoms with van der Waals surface area (Å²) in [6.07, 6.45) is 4.20. The molecule has 1 rings (SSSR count). The van der Waals surface area contributed by atoms with Crippen molar-refractivity contribution in [3.63, 3.8) is 0 Å². The molecule has 9 nitrogen and oxygen atoms in total. The van der Waals surface area contributed by atoms with Crippen molar-refractivity contribution in [3.05, 3.63) is 18.2 Å². The van der Waals surface area contributed by atoms with Crippen molar-refractivity contribution in [3.8, 4) is 0 Å². The first-order chi connectivity index (χ1) is 9.49. The number of aromatic amines is 1. The van der Waals surface area contributed by atoms with Crippen LogP contribution in [0.2, 0.25) is 0 Å². The van der Waals surface area contributed by atoms with Gasteiger partial charge in [-0.15, -0.1) is 0 Å². The number of aryl methyl sites for hydroxylation is 1. The third kappa shape index (κ3) is 5.85. The minimum Gasteiger partial charge on any atom is -0.480 e. The average molecular weight is 283 g/mol. The molecule has 0 spiro atoms. The molecular weight excluding hydrogens is 266 g/mol. The van der Waals surface area contributed by atoms with E-state index in [9.17, 15) is 14.4 Å². The largest absolute Gasteiger partial charge is 0.480 e. The summed E-state index contributed by atoms with van der Waals surface area (Å²) in [7, 11) is 0. The number of carboxylic acid groups (broad SMARTS) is 1. The van der Waals surface area contributed by atoms with Crippen molar-refractivity contribution in [2.75, 3.05) is 6.54 Å². The summed E-state index contributed by atoms with van der Waals surface area (Å²) in [4.78, 5) is 39.8. The molecule has 1 atom stereocenters. The molecule has 0 aliphatic rings. The van der Waals surface area contributed by atoms with Crippen molar-refractivity contribution in [1.29, 1.82) is 0 Å². The molecule has 6 N–H and O–H groups in total. The van der Waals surface area contributed by atoms with E-state index in [2.05, 4.69) is 20.6 Å². The normalized spacial score (nSPS) is 11.6. The monoisotopic (exact) mass is 283 g/mol. The highest BCUT2D eigenvalue weighted by molar-refractivity contribution is 5.87. The molecule has 0 aliphatic heterocycles. The number of H-pyrrole nitrogens is 1. The molecule has 1 unspecified atom stereocenters. The van der Waals surface area contributed by atoms with Gasteiger partial charge in [-0.1, -0.05) is 0 Å². The third-order valence-corrected chi connectivity index (χ3v) is 2.44. The predicted molar refractivity (Wildman–Crippen MR) is 68.7 cm³/mol. The Balaban J connectivity index is 2.24. The van der Waals surface area contributed by atoms with Crippen molar-refractivity contribution >= 4 is 17.9 Å². The van der Waals surface area contributed by atoms with Crippen LogP contribution in [0.1, 0.15) is 18.7 Å². The maximum atomic E-state index is 11.4. The van der Waals surface area contributed by atoms with Crippen LogP contribution >= 0.6 is 0 Å². The number of hydrogen-bond donors (Lipinski definition) is 5. The van der Waals surface area contributed by atoms with Crippen molar-refractivity contribution in [1.82, 2.24) is 20.6 Å². The van der Waals surface area contributed by atoms with Gasteiger partial charge in [-0.25, -0.2) is 14.6 Å². The van der Waals surface area contributed by atoms with Gasteiger partial charge in [0.2, 0.25) is 5.91 Å². The molecule has 0 aromatic carbocycles. The Morgan fingerprint density at radius 3 is 2.75 bits per heavy atom. The van der Waals surface area contributed by atoms with Crippen molar-refractivity contribution in [2.24, 2.45) is 5.73 Å². The lowest BCUT2D eigenvalue weighted by Crippen LogP contribution is -2.47. The molecule has 20 heavy (non-hydrogen) atoms. The van der Waals surface area contributed by atoms with Crippen molar-refractivity contribution in [2.45, 2.75) is 25.3 Å². The van der Waals surface area contributed by atoms with Crippen LogP contribution in [-0.4, -0.2) is 45.6 Å². The summed E-state index contributed by atoms with van der Waals surface area (Å²) in [5.74, 6) is -1.30. The van der Waals surface area contributed by atoms with Crippen LogP contribution in [0.3, 0.4) is 0 Å². The molecule has 1 heterocycles. The number of rotatable bonds is 8. The zero-order chi connectivity index (χ0) is 15.0. The number of carbonyl (C=O) groups is 3. The lowest BCUT2D eigenvalue weighted by molar-refractivity contribution is -0.140. The number of carboxylic acids is 1. The van der Waals surface area contributed by atoms with E-state index >= 15 is 0 Å². The first kappa shape index (κ1) is 15.5. The minimum atomic E-state index is -1.32. The number of hydrogen-bond acceptors (Lipinski definition) is 4. The third-order valence-electron chi connectivity index (χ3n) is 2.44. The number of aliphatic carboxylic acids is 1. The number of imidazole rings is 1. The van der Waals surface area contributed by atoms with E-state index in [1.165, 1.54) is 0 Å². The van der Waals surface area contributed by atoms with Gasteiger partial charge >= 0.3 is 12.0 Å². The number of urea groups is 1. The number of aromatic nitrogens is 2. The maximum Gasteiger partial charge on any atom is 0.326 e. The minimum absolute atomic E-state index is 0.357. The molecule has 0 aliphatic carbocycles. The highest BCUT2D eigenvalue weighted by Crippen LogP contribution is 1.94. The van der Waals surface area contributed by atoms with Gasteiger partial charge in [0.1, 0.15) is 11.9 Å². The lowest BCUT2D eigenvalue weighted by Gasteiger charge is -2.13. The smallest absolute Gasteiger partial charge is 0.326 e. The average Bonchev–Trinajstić information content (AvgIpc) is 2.86. The molecule has 0 saturated heterocycles. The molecule has 0 saturated carbocycles. The number of primary amides is 1. The van der Waals surface area contributed by atoms with Crippen LogP contribution < -0.4 is 16.4 Å². The van der Waals surface area contributed by atoms with Crippen LogP contribution in [0, 0.1) is 0 Å². The highest BCUT2D eigenvalue weighted by atomic mass is 16.4. The first-order valence-electron chi connectivity index (χ1n) is 6.02. The standard InChI is InChI=1S/C11H17N5O4/c12-8(17)6-7(10(18)19)16-11(20)15-3-1-2-9-13-4-5-14-9/h4-5,7H,1-3,6H2,(H2,12,17)(H,13,14)(H,18,19)(H2,15,16,20). The Morgan fingerprint density at radius 1 is 1.45 bits per heavy atom. The Kier molecular flexibility index (Phi) is 6.01. The summed E-state index contributed by atoms with van der Waals surface area (Å²) in [6.45, 7) is 0.357. The summed E-state index contributed by atoms with van der Waals surface area (Å²) >= 11 is 0. The molecule has 1 aromatic heterocycles. The van der Waals surface area contributed by atoms with Gasteiger partial charge in [-0.05, 0) is 6.42 Å². The number of nitrogens with zero attached hydrogens (tertiary/aromatic N) is 1. The van der Waals surface area contributed by atoms with Crippen LogP contribution in [-0.2, 0) is 16.0 Å². The molecule has 9 heteroatoms. The number of amides is 3. The second-order valence-corrected chi connectivity index (χ2v) is 4.10. The fourth-order valence-corrected chi connectivity index (χ4v) is 1.50. The van der Waals surface area contributed by atoms with E-state index in [1.54, 1.807) is 12.4 Å². The topological polar surface area (TPSA) is 150 Å². The second kappa shape index (κ2) is 7.77. The molecule has 0 fully saturated rings. The summed E-state index contributed by atoms with van der Waals surface area (Å²) in [6, 6.07) is -1.98. The van der Waals surface area contributed by atoms with E-state index in [0.717, 1.165) is 5.82 Å². The molecule has 110 valence electrons. The van der Waals surface area contributed by atoms with Gasteiger partial charge in [0.25, 0.3) is 0 Å². The fourth-order valence-electron chi connectivity index (χ4n) is 1.50. The molecule has 0 radical (unpaired) electrons. The van der Waals surface area contributed by atoms with Gasteiger partial charge in [0.05, 0.1) is 6.42 Å². The van der Waals surface area contributed by atoms with Crippen molar-refractivity contribution < 1.29 is 19.5 Å².